The van der Waals surface area contributed by atoms with Crippen molar-refractivity contribution in [2.75, 3.05) is 39.0 Å². The molecule has 0 unspecified atom stereocenters. The molecule has 8 nitrogen and oxygen atoms in total. The summed E-state index contributed by atoms with van der Waals surface area (Å²) >= 11 is 0. The lowest BCUT2D eigenvalue weighted by molar-refractivity contribution is -0.136. The third kappa shape index (κ3) is 7.58. The first kappa shape index (κ1) is 29.5. The van der Waals surface area contributed by atoms with Crippen molar-refractivity contribution in [1.29, 1.82) is 0 Å². The van der Waals surface area contributed by atoms with E-state index >= 15 is 0 Å². The van der Waals surface area contributed by atoms with Crippen molar-refractivity contribution in [3.05, 3.63) is 65.5 Å². The number of imidazole rings is 1. The van der Waals surface area contributed by atoms with Crippen LogP contribution in [0.15, 0.2) is 48.5 Å². The van der Waals surface area contributed by atoms with Crippen molar-refractivity contribution in [1.82, 2.24) is 24.3 Å². The number of aryl methyl sites for hydroxylation is 2. The summed E-state index contributed by atoms with van der Waals surface area (Å²) in [6.45, 7) is 10.1. The van der Waals surface area contributed by atoms with Crippen molar-refractivity contribution in [2.24, 2.45) is 0 Å². The van der Waals surface area contributed by atoms with E-state index in [0.717, 1.165) is 110 Å². The number of nitrogens with zero attached hydrogens (tertiary/aromatic N) is 5. The first-order valence-corrected chi connectivity index (χ1v) is 14.6. The van der Waals surface area contributed by atoms with Crippen molar-refractivity contribution in [3.63, 3.8) is 0 Å². The maximum Gasteiger partial charge on any atom is 0.307 e. The van der Waals surface area contributed by atoms with E-state index < -0.39 is 5.97 Å². The van der Waals surface area contributed by atoms with Crippen molar-refractivity contribution in [2.45, 2.75) is 65.5 Å². The summed E-state index contributed by atoms with van der Waals surface area (Å²) in [5, 5.41) is 10.3. The lowest BCUT2D eigenvalue weighted by Crippen LogP contribution is -2.29. The van der Waals surface area contributed by atoms with Crippen LogP contribution in [0.1, 0.15) is 56.5 Å². The van der Waals surface area contributed by atoms with Crippen LogP contribution >= 0.6 is 0 Å². The molecule has 214 valence electrons. The fourth-order valence-electron chi connectivity index (χ4n) is 5.39. The number of carbonyl (C=O) groups is 1. The molecule has 0 amide bonds. The van der Waals surface area contributed by atoms with Gasteiger partial charge in [0.25, 0.3) is 0 Å². The van der Waals surface area contributed by atoms with Crippen molar-refractivity contribution in [3.8, 4) is 0 Å². The van der Waals surface area contributed by atoms with E-state index in [0.29, 0.717) is 5.82 Å². The van der Waals surface area contributed by atoms with Crippen molar-refractivity contribution < 1.29 is 9.90 Å². The second-order valence-electron chi connectivity index (χ2n) is 10.8. The van der Waals surface area contributed by atoms with Crippen LogP contribution in [0.4, 0.5) is 5.82 Å². The third-order valence-corrected chi connectivity index (χ3v) is 7.61. The average molecular weight is 545 g/mol. The molecule has 3 N–H and O–H groups in total. The molecular weight excluding hydrogens is 500 g/mol. The van der Waals surface area contributed by atoms with Gasteiger partial charge < -0.3 is 20.3 Å². The van der Waals surface area contributed by atoms with Gasteiger partial charge in [-0.3, -0.25) is 9.69 Å². The van der Waals surface area contributed by atoms with Gasteiger partial charge in [0.2, 0.25) is 0 Å². The Kier molecular flexibility index (Phi) is 10.5. The van der Waals surface area contributed by atoms with Gasteiger partial charge in [0.15, 0.2) is 5.82 Å². The average Bonchev–Trinajstić information content (AvgIpc) is 3.30. The maximum atomic E-state index is 11.2. The topological polar surface area (TPSA) is 101 Å². The SMILES string of the molecule is CCCCc1nc2c(N)nc3ccccc3c2n1CCCN(CCCN(C)CC)Cc1cccc(CC(=O)O)c1. The number of anilines is 1. The lowest BCUT2D eigenvalue weighted by Gasteiger charge is -2.24. The lowest BCUT2D eigenvalue weighted by atomic mass is 10.1. The van der Waals surface area contributed by atoms with E-state index in [-0.39, 0.29) is 6.42 Å². The fraction of sp³-hybridized carbons (Fsp3) is 0.469. The number of benzene rings is 2. The highest BCUT2D eigenvalue weighted by Gasteiger charge is 2.17. The van der Waals surface area contributed by atoms with Crippen LogP contribution in [0, 0.1) is 0 Å². The number of carboxylic acid groups (broad SMARTS) is 1. The zero-order chi connectivity index (χ0) is 28.5. The Morgan fingerprint density at radius 2 is 1.75 bits per heavy atom. The summed E-state index contributed by atoms with van der Waals surface area (Å²) in [4.78, 5) is 25.7. The summed E-state index contributed by atoms with van der Waals surface area (Å²) in [6.07, 6.45) is 5.22. The first-order valence-electron chi connectivity index (χ1n) is 14.6. The molecule has 0 radical (unpaired) electrons. The van der Waals surface area contributed by atoms with Gasteiger partial charge in [0.05, 0.1) is 17.5 Å². The van der Waals surface area contributed by atoms with Crippen LogP contribution in [0.2, 0.25) is 0 Å². The summed E-state index contributed by atoms with van der Waals surface area (Å²) in [7, 11) is 2.16. The van der Waals surface area contributed by atoms with Gasteiger partial charge in [-0.15, -0.1) is 0 Å². The predicted octanol–water partition coefficient (Wildman–Crippen LogP) is 5.37. The minimum Gasteiger partial charge on any atom is -0.481 e. The van der Waals surface area contributed by atoms with Crippen LogP contribution in [-0.2, 0) is 30.7 Å². The molecule has 0 bridgehead atoms. The van der Waals surface area contributed by atoms with Gasteiger partial charge in [0, 0.05) is 31.4 Å². The fourth-order valence-corrected chi connectivity index (χ4v) is 5.39. The van der Waals surface area contributed by atoms with E-state index in [1.165, 1.54) is 0 Å². The van der Waals surface area contributed by atoms with Crippen LogP contribution in [0.5, 0.6) is 0 Å². The molecule has 40 heavy (non-hydrogen) atoms. The maximum absolute atomic E-state index is 11.2. The summed E-state index contributed by atoms with van der Waals surface area (Å²) in [6, 6.07) is 16.2. The second-order valence-corrected chi connectivity index (χ2v) is 10.8. The molecule has 4 aromatic rings. The van der Waals surface area contributed by atoms with E-state index in [1.54, 1.807) is 0 Å². The molecular formula is C32H44N6O2. The predicted molar refractivity (Wildman–Crippen MR) is 164 cm³/mol. The number of hydrogen-bond acceptors (Lipinski definition) is 6. The van der Waals surface area contributed by atoms with Gasteiger partial charge in [-0.25, -0.2) is 9.97 Å². The number of pyridine rings is 1. The molecule has 0 aliphatic carbocycles. The number of carboxylic acids is 1. The molecule has 0 fully saturated rings. The van der Waals surface area contributed by atoms with E-state index in [2.05, 4.69) is 58.4 Å². The zero-order valence-electron chi connectivity index (χ0n) is 24.3. The Balaban J connectivity index is 1.55. The molecule has 0 saturated heterocycles. The molecule has 0 atom stereocenters. The standard InChI is InChI=1S/C32H44N6O2/c1-4-6-16-28-35-30-31(26-14-7-8-15-27(26)34-32(30)33)38(28)20-11-19-37(18-10-17-36(3)5-2)23-25-13-9-12-24(21-25)22-29(39)40/h7-9,12-15,21H,4-6,10-11,16-20,22-23H2,1-3H3,(H2,33,34)(H,39,40). The smallest absolute Gasteiger partial charge is 0.307 e. The number of rotatable bonds is 16. The van der Waals surface area contributed by atoms with Gasteiger partial charge in [0.1, 0.15) is 11.3 Å². The third-order valence-electron chi connectivity index (χ3n) is 7.61. The molecule has 0 aliphatic heterocycles. The first-order chi connectivity index (χ1) is 19.4. The Labute approximate surface area is 237 Å². The van der Waals surface area contributed by atoms with E-state index in [4.69, 9.17) is 10.7 Å². The number of para-hydroxylation sites is 1. The highest BCUT2D eigenvalue weighted by atomic mass is 16.4. The Morgan fingerprint density at radius 3 is 2.52 bits per heavy atom. The molecule has 0 aliphatic rings. The molecule has 0 spiro atoms. The van der Waals surface area contributed by atoms with Crippen LogP contribution in [0.25, 0.3) is 21.9 Å². The minimum absolute atomic E-state index is 0.0509. The number of hydrogen-bond donors (Lipinski definition) is 2. The molecule has 2 heterocycles. The van der Waals surface area contributed by atoms with Gasteiger partial charge >= 0.3 is 5.97 Å². The molecule has 2 aromatic carbocycles. The summed E-state index contributed by atoms with van der Waals surface area (Å²) in [5.41, 5.74) is 11.2. The molecule has 2 aromatic heterocycles. The number of aromatic nitrogens is 3. The number of fused-ring (bicyclic) bond motifs is 3. The normalized spacial score (nSPS) is 11.8. The minimum atomic E-state index is -0.800. The molecule has 4 rings (SSSR count). The number of nitrogen functional groups attached to an aromatic ring is 1. The largest absolute Gasteiger partial charge is 0.481 e. The number of aliphatic carboxylic acids is 1. The zero-order valence-corrected chi connectivity index (χ0v) is 24.3. The molecule has 8 heteroatoms. The Bertz CT molecular complexity index is 1420. The highest BCUT2D eigenvalue weighted by Crippen LogP contribution is 2.29. The van der Waals surface area contributed by atoms with Gasteiger partial charge in [-0.05, 0) is 63.1 Å². The Hall–Kier alpha value is -3.49. The highest BCUT2D eigenvalue weighted by molar-refractivity contribution is 6.06. The number of nitrogens with two attached hydrogens (primary N) is 1. The van der Waals surface area contributed by atoms with Gasteiger partial charge in [-0.2, -0.15) is 0 Å². The Morgan fingerprint density at radius 1 is 0.975 bits per heavy atom. The van der Waals surface area contributed by atoms with Crippen molar-refractivity contribution >= 4 is 33.7 Å². The second kappa shape index (κ2) is 14.2. The van der Waals surface area contributed by atoms with Crippen LogP contribution < -0.4 is 5.73 Å². The quantitative estimate of drug-likeness (QED) is 0.196. The number of unbranched alkanes of at least 4 members (excludes halogenated alkanes) is 1. The summed E-state index contributed by atoms with van der Waals surface area (Å²) in [5.74, 6) is 0.777. The van der Waals surface area contributed by atoms with E-state index in [9.17, 15) is 9.90 Å². The van der Waals surface area contributed by atoms with E-state index in [1.807, 2.05) is 30.3 Å². The monoisotopic (exact) mass is 544 g/mol. The van der Waals surface area contributed by atoms with Gasteiger partial charge in [-0.1, -0.05) is 62.7 Å². The summed E-state index contributed by atoms with van der Waals surface area (Å²) < 4.78 is 2.38. The molecule has 0 saturated carbocycles. The van der Waals surface area contributed by atoms with Crippen LogP contribution in [0.3, 0.4) is 0 Å². The van der Waals surface area contributed by atoms with Crippen LogP contribution in [-0.4, -0.2) is 68.6 Å².